The van der Waals surface area contributed by atoms with Crippen LogP contribution in [0.2, 0.25) is 0 Å². The van der Waals surface area contributed by atoms with Crippen LogP contribution in [-0.4, -0.2) is 4.57 Å². The Bertz CT molecular complexity index is 3840. The number of para-hydroxylation sites is 1. The maximum atomic E-state index is 2.52. The summed E-state index contributed by atoms with van der Waals surface area (Å²) in [4.78, 5) is 2.48. The summed E-state index contributed by atoms with van der Waals surface area (Å²) in [6, 6.07) is 86.2. The molecule has 0 radical (unpaired) electrons. The number of hydrogen-bond acceptors (Lipinski definition) is 1. The molecule has 0 amide bonds. The summed E-state index contributed by atoms with van der Waals surface area (Å²) in [6.45, 7) is 0. The van der Waals surface area contributed by atoms with E-state index in [0.717, 1.165) is 22.7 Å². The van der Waals surface area contributed by atoms with Gasteiger partial charge in [-0.2, -0.15) is 0 Å². The predicted molar refractivity (Wildman–Crippen MR) is 264 cm³/mol. The average molecular weight is 799 g/mol. The largest absolute Gasteiger partial charge is 0.310 e. The van der Waals surface area contributed by atoms with Crippen LogP contribution in [0.4, 0.5) is 17.1 Å². The second-order valence-corrected chi connectivity index (χ2v) is 17.2. The number of hydrogen-bond donors (Lipinski definition) is 0. The minimum atomic E-state index is -0.520. The van der Waals surface area contributed by atoms with E-state index >= 15 is 0 Å². The molecule has 1 aromatic heterocycles. The Labute approximate surface area is 365 Å². The Morgan fingerprint density at radius 3 is 1.62 bits per heavy atom. The van der Waals surface area contributed by atoms with Crippen LogP contribution >= 0.6 is 0 Å². The van der Waals surface area contributed by atoms with Gasteiger partial charge in [-0.25, -0.2) is 0 Å². The lowest BCUT2D eigenvalue weighted by molar-refractivity contribution is 0.773. The van der Waals surface area contributed by atoms with Crippen molar-refractivity contribution in [1.29, 1.82) is 0 Å². The number of aromatic nitrogens is 1. The molecule has 1 heterocycles. The molecule has 12 aromatic rings. The van der Waals surface area contributed by atoms with Crippen molar-refractivity contribution < 1.29 is 0 Å². The van der Waals surface area contributed by atoms with E-state index in [0.29, 0.717) is 0 Å². The molecule has 1 spiro atoms. The van der Waals surface area contributed by atoms with E-state index in [1.165, 1.54) is 98.6 Å². The number of benzene rings is 11. The highest BCUT2D eigenvalue weighted by atomic mass is 15.1. The van der Waals surface area contributed by atoms with E-state index in [1.54, 1.807) is 0 Å². The molecule has 2 aliphatic rings. The molecule has 2 heteroatoms. The fraction of sp³-hybridized carbons (Fsp3) is 0.0164. The lowest BCUT2D eigenvalue weighted by Crippen LogP contribution is -2.32. The molecule has 2 nitrogen and oxygen atoms in total. The molecule has 0 atom stereocenters. The van der Waals surface area contributed by atoms with Gasteiger partial charge in [0.15, 0.2) is 0 Å². The van der Waals surface area contributed by atoms with E-state index in [9.17, 15) is 0 Å². The average Bonchev–Trinajstić information content (AvgIpc) is 3.83. The lowest BCUT2D eigenvalue weighted by Gasteiger charge is -2.41. The van der Waals surface area contributed by atoms with Crippen LogP contribution in [0, 0.1) is 0 Å². The van der Waals surface area contributed by atoms with Crippen LogP contribution in [0.1, 0.15) is 22.3 Å². The second-order valence-electron chi connectivity index (χ2n) is 17.2. The van der Waals surface area contributed by atoms with Crippen LogP contribution < -0.4 is 4.90 Å². The first-order chi connectivity index (χ1) is 31.2. The minimum Gasteiger partial charge on any atom is -0.310 e. The summed E-state index contributed by atoms with van der Waals surface area (Å²) in [6.07, 6.45) is 0. The van der Waals surface area contributed by atoms with Gasteiger partial charge in [-0.15, -0.1) is 0 Å². The quantitative estimate of drug-likeness (QED) is 0.172. The van der Waals surface area contributed by atoms with Gasteiger partial charge in [0.05, 0.1) is 16.4 Å². The van der Waals surface area contributed by atoms with E-state index in [2.05, 4.69) is 240 Å². The Balaban J connectivity index is 1.07. The fourth-order valence-corrected chi connectivity index (χ4v) is 11.5. The topological polar surface area (TPSA) is 8.17 Å². The molecule has 14 rings (SSSR count). The SMILES string of the molecule is c1ccc2c(c1)-c1ccccc1C21c2cc(N(c3ccc4ccccc4c3)c3ccc4c5ccccc5n(-c5ccc6ccccc6c5)c4c3)ccc2-c2cccc3cccc1c23. The Morgan fingerprint density at radius 2 is 0.825 bits per heavy atom. The second kappa shape index (κ2) is 12.9. The number of anilines is 3. The molecule has 0 N–H and O–H groups in total. The van der Waals surface area contributed by atoms with E-state index in [-0.39, 0.29) is 0 Å². The molecule has 63 heavy (non-hydrogen) atoms. The van der Waals surface area contributed by atoms with Crippen molar-refractivity contribution in [3.05, 3.63) is 253 Å². The third-order valence-electron chi connectivity index (χ3n) is 14.1. The van der Waals surface area contributed by atoms with Gasteiger partial charge in [0, 0.05) is 33.5 Å². The molecular weight excluding hydrogens is 761 g/mol. The smallest absolute Gasteiger partial charge is 0.0726 e. The van der Waals surface area contributed by atoms with Crippen molar-refractivity contribution in [2.75, 3.05) is 4.90 Å². The monoisotopic (exact) mass is 798 g/mol. The molecule has 0 aliphatic heterocycles. The summed E-state index contributed by atoms with van der Waals surface area (Å²) in [5.41, 5.74) is 16.8. The molecule has 0 fully saturated rings. The van der Waals surface area contributed by atoms with Crippen molar-refractivity contribution in [2.45, 2.75) is 5.41 Å². The molecule has 292 valence electrons. The maximum absolute atomic E-state index is 2.52. The van der Waals surface area contributed by atoms with Crippen molar-refractivity contribution in [3.8, 4) is 27.9 Å². The third kappa shape index (κ3) is 4.72. The van der Waals surface area contributed by atoms with Gasteiger partial charge < -0.3 is 9.47 Å². The van der Waals surface area contributed by atoms with Crippen molar-refractivity contribution >= 4 is 71.2 Å². The summed E-state index contributed by atoms with van der Waals surface area (Å²) in [7, 11) is 0. The fourth-order valence-electron chi connectivity index (χ4n) is 11.5. The van der Waals surface area contributed by atoms with Crippen molar-refractivity contribution in [3.63, 3.8) is 0 Å². The van der Waals surface area contributed by atoms with Crippen LogP contribution in [-0.2, 0) is 5.41 Å². The molecule has 11 aromatic carbocycles. The minimum absolute atomic E-state index is 0.520. The van der Waals surface area contributed by atoms with E-state index in [4.69, 9.17) is 0 Å². The van der Waals surface area contributed by atoms with E-state index < -0.39 is 5.41 Å². The lowest BCUT2D eigenvalue weighted by atomic mass is 9.61. The highest BCUT2D eigenvalue weighted by Gasteiger charge is 2.50. The zero-order chi connectivity index (χ0) is 41.2. The Hall–Kier alpha value is -8.20. The number of nitrogens with zero attached hydrogens (tertiary/aromatic N) is 2. The number of rotatable bonds is 4. The summed E-state index contributed by atoms with van der Waals surface area (Å²) in [5, 5.41) is 9.98. The van der Waals surface area contributed by atoms with Crippen molar-refractivity contribution in [1.82, 2.24) is 4.57 Å². The van der Waals surface area contributed by atoms with Gasteiger partial charge in [0.25, 0.3) is 0 Å². The summed E-state index contributed by atoms with van der Waals surface area (Å²) < 4.78 is 2.45. The Kier molecular flexibility index (Phi) is 7.07. The van der Waals surface area contributed by atoms with Gasteiger partial charge in [0.2, 0.25) is 0 Å². The highest BCUT2D eigenvalue weighted by molar-refractivity contribution is 6.11. The molecule has 0 unspecified atom stereocenters. The van der Waals surface area contributed by atoms with E-state index in [1.807, 2.05) is 0 Å². The van der Waals surface area contributed by atoms with Gasteiger partial charge in [0.1, 0.15) is 0 Å². The van der Waals surface area contributed by atoms with Gasteiger partial charge in [-0.1, -0.05) is 176 Å². The first-order valence-electron chi connectivity index (χ1n) is 21.9. The molecule has 2 aliphatic carbocycles. The van der Waals surface area contributed by atoms with Gasteiger partial charge in [-0.05, 0) is 131 Å². The zero-order valence-electron chi connectivity index (χ0n) is 34.3. The molecule has 0 saturated carbocycles. The maximum Gasteiger partial charge on any atom is 0.0726 e. The van der Waals surface area contributed by atoms with Crippen LogP contribution in [0.5, 0.6) is 0 Å². The highest BCUT2D eigenvalue weighted by Crippen LogP contribution is 2.62. The van der Waals surface area contributed by atoms with Gasteiger partial charge in [-0.3, -0.25) is 0 Å². The molecule has 0 bridgehead atoms. The summed E-state index contributed by atoms with van der Waals surface area (Å²) in [5.74, 6) is 0. The summed E-state index contributed by atoms with van der Waals surface area (Å²) >= 11 is 0. The third-order valence-corrected chi connectivity index (χ3v) is 14.1. The predicted octanol–water partition coefficient (Wildman–Crippen LogP) is 16.1. The first-order valence-corrected chi connectivity index (χ1v) is 21.9. The first kappa shape index (κ1) is 34.5. The standard InChI is InChI=1S/C61H38N2/c1-3-15-42-35-44(29-27-39(42)13-1)62(47-32-34-52-51-21-7-10-26-58(51)63(59(52)38-47)45-30-28-40-14-2-4-16-43(40)36-45)46-31-33-50-53-22-11-17-41-18-12-25-56(60(41)53)61(57(50)37-46)54-23-8-5-19-48(54)49-20-6-9-24-55(49)61/h1-38H. The van der Waals surface area contributed by atoms with Gasteiger partial charge >= 0.3 is 0 Å². The molecule has 0 saturated heterocycles. The van der Waals surface area contributed by atoms with Crippen LogP contribution in [0.15, 0.2) is 231 Å². The normalized spacial score (nSPS) is 13.2. The Morgan fingerprint density at radius 1 is 0.302 bits per heavy atom. The molecular formula is C61H38N2. The van der Waals surface area contributed by atoms with Crippen LogP contribution in [0.25, 0.3) is 82.1 Å². The van der Waals surface area contributed by atoms with Crippen molar-refractivity contribution in [2.24, 2.45) is 0 Å². The zero-order valence-corrected chi connectivity index (χ0v) is 34.3. The van der Waals surface area contributed by atoms with Crippen LogP contribution in [0.3, 0.4) is 0 Å². The number of fused-ring (bicyclic) bond motifs is 14.